The molecule has 0 aromatic heterocycles. The Bertz CT molecular complexity index is 790. The first-order valence-corrected chi connectivity index (χ1v) is 9.46. The van der Waals surface area contributed by atoms with Crippen LogP contribution in [-0.2, 0) is 4.79 Å². The molecular weight excluding hydrogens is 359 g/mol. The predicted octanol–water partition coefficient (Wildman–Crippen LogP) is 2.53. The highest BCUT2D eigenvalue weighted by atomic mass is 19.1. The van der Waals surface area contributed by atoms with Crippen molar-refractivity contribution in [3.63, 3.8) is 0 Å². The number of imide groups is 1. The first kappa shape index (κ1) is 19.8. The summed E-state index contributed by atoms with van der Waals surface area (Å²) in [6.07, 6.45) is 0. The van der Waals surface area contributed by atoms with Crippen LogP contribution < -0.4 is 15.5 Å². The Morgan fingerprint density at radius 1 is 1.00 bits per heavy atom. The fourth-order valence-electron chi connectivity index (χ4n) is 3.44. The predicted molar refractivity (Wildman–Crippen MR) is 107 cm³/mol. The summed E-state index contributed by atoms with van der Waals surface area (Å²) in [5.41, 5.74) is 1.81. The number of hydrogen-bond acceptors (Lipinski definition) is 4. The highest BCUT2D eigenvalue weighted by Crippen LogP contribution is 2.24. The molecule has 7 heteroatoms. The molecule has 1 fully saturated rings. The minimum Gasteiger partial charge on any atom is -0.369 e. The monoisotopic (exact) mass is 384 g/mol. The Morgan fingerprint density at radius 2 is 1.64 bits per heavy atom. The number of rotatable bonds is 5. The van der Waals surface area contributed by atoms with Gasteiger partial charge < -0.3 is 10.2 Å². The van der Waals surface area contributed by atoms with Crippen LogP contribution >= 0.6 is 0 Å². The molecule has 148 valence electrons. The molecule has 3 rings (SSSR count). The summed E-state index contributed by atoms with van der Waals surface area (Å²) in [4.78, 5) is 28.9. The van der Waals surface area contributed by atoms with E-state index in [2.05, 4.69) is 20.4 Å². The number of halogens is 1. The molecule has 0 spiro atoms. The van der Waals surface area contributed by atoms with Crippen LogP contribution in [0.15, 0.2) is 54.6 Å². The van der Waals surface area contributed by atoms with Crippen molar-refractivity contribution in [2.75, 3.05) is 37.6 Å². The van der Waals surface area contributed by atoms with E-state index in [4.69, 9.17) is 0 Å². The summed E-state index contributed by atoms with van der Waals surface area (Å²) in [5, 5.41) is 5.03. The first-order valence-electron chi connectivity index (χ1n) is 9.46. The molecule has 1 saturated heterocycles. The maximum absolute atomic E-state index is 13.2. The van der Waals surface area contributed by atoms with Crippen molar-refractivity contribution in [3.8, 4) is 0 Å². The minimum atomic E-state index is -0.542. The Hall–Kier alpha value is -2.93. The average Bonchev–Trinajstić information content (AvgIpc) is 2.70. The smallest absolute Gasteiger partial charge is 0.321 e. The van der Waals surface area contributed by atoms with Crippen LogP contribution in [-0.4, -0.2) is 49.6 Å². The number of nitrogens with one attached hydrogen (secondary N) is 2. The van der Waals surface area contributed by atoms with Crippen LogP contribution in [0.4, 0.5) is 14.9 Å². The number of anilines is 1. The third-order valence-electron chi connectivity index (χ3n) is 4.81. The van der Waals surface area contributed by atoms with Gasteiger partial charge in [-0.2, -0.15) is 0 Å². The summed E-state index contributed by atoms with van der Waals surface area (Å²) in [6.45, 7) is 4.98. The molecule has 2 aromatic rings. The molecule has 3 amide bonds. The number of benzene rings is 2. The van der Waals surface area contributed by atoms with Gasteiger partial charge in [0.2, 0.25) is 5.91 Å². The first-order chi connectivity index (χ1) is 13.6. The molecule has 0 unspecified atom stereocenters. The maximum atomic E-state index is 13.2. The van der Waals surface area contributed by atoms with Crippen molar-refractivity contribution in [1.29, 1.82) is 0 Å². The van der Waals surface area contributed by atoms with E-state index >= 15 is 0 Å². The van der Waals surface area contributed by atoms with Crippen LogP contribution in [0.3, 0.4) is 0 Å². The highest BCUT2D eigenvalue weighted by molar-refractivity contribution is 5.97. The lowest BCUT2D eigenvalue weighted by atomic mass is 10.0. The second kappa shape index (κ2) is 9.32. The van der Waals surface area contributed by atoms with Crippen LogP contribution in [0.1, 0.15) is 18.5 Å². The number of carbonyl (C=O) groups excluding carboxylic acids is 2. The zero-order valence-electron chi connectivity index (χ0n) is 15.9. The van der Waals surface area contributed by atoms with E-state index in [9.17, 15) is 14.0 Å². The van der Waals surface area contributed by atoms with Crippen LogP contribution in [0.5, 0.6) is 0 Å². The normalized spacial score (nSPS) is 15.7. The number of nitrogens with zero attached hydrogens (tertiary/aromatic N) is 2. The van der Waals surface area contributed by atoms with Crippen molar-refractivity contribution < 1.29 is 14.0 Å². The van der Waals surface area contributed by atoms with Gasteiger partial charge in [0, 0.05) is 38.4 Å². The van der Waals surface area contributed by atoms with E-state index < -0.39 is 12.1 Å². The van der Waals surface area contributed by atoms with E-state index in [1.807, 2.05) is 30.3 Å². The van der Waals surface area contributed by atoms with Gasteiger partial charge in [-0.25, -0.2) is 9.18 Å². The lowest BCUT2D eigenvalue weighted by Gasteiger charge is -2.39. The second-order valence-corrected chi connectivity index (χ2v) is 6.66. The molecular formula is C21H25FN4O2. The molecule has 0 aliphatic carbocycles. The van der Waals surface area contributed by atoms with Crippen molar-refractivity contribution in [2.45, 2.75) is 13.0 Å². The topological polar surface area (TPSA) is 64.7 Å². The molecule has 1 heterocycles. The summed E-state index contributed by atoms with van der Waals surface area (Å²) in [6, 6.07) is 14.9. The van der Waals surface area contributed by atoms with Gasteiger partial charge in [-0.3, -0.25) is 15.0 Å². The number of carbonyl (C=O) groups is 2. The van der Waals surface area contributed by atoms with Crippen molar-refractivity contribution in [3.05, 3.63) is 66.0 Å². The summed E-state index contributed by atoms with van der Waals surface area (Å²) >= 11 is 0. The molecule has 1 atom stereocenters. The van der Waals surface area contributed by atoms with Gasteiger partial charge in [-0.05, 0) is 36.8 Å². The van der Waals surface area contributed by atoms with Gasteiger partial charge in [0.15, 0.2) is 0 Å². The minimum absolute atomic E-state index is 0.256. The van der Waals surface area contributed by atoms with E-state index in [0.717, 1.165) is 11.3 Å². The molecule has 0 radical (unpaired) electrons. The molecule has 2 N–H and O–H groups in total. The largest absolute Gasteiger partial charge is 0.369 e. The van der Waals surface area contributed by atoms with Crippen LogP contribution in [0.25, 0.3) is 0 Å². The van der Waals surface area contributed by atoms with Crippen LogP contribution in [0.2, 0.25) is 0 Å². The number of piperazine rings is 1. The molecule has 6 nitrogen and oxygen atoms in total. The van der Waals surface area contributed by atoms with Gasteiger partial charge in [-0.15, -0.1) is 0 Å². The molecule has 0 saturated carbocycles. The van der Waals surface area contributed by atoms with Gasteiger partial charge >= 0.3 is 6.03 Å². The molecule has 0 bridgehead atoms. The second-order valence-electron chi connectivity index (χ2n) is 6.66. The SMILES string of the molecule is CCNC(=O)NC(=O)[C@H](c1ccccc1)N1CCN(c2ccc(F)cc2)CC1. The zero-order chi connectivity index (χ0) is 19.9. The van der Waals surface area contributed by atoms with E-state index in [1.165, 1.54) is 12.1 Å². The van der Waals surface area contributed by atoms with Crippen molar-refractivity contribution >= 4 is 17.6 Å². The Balaban J connectivity index is 1.71. The zero-order valence-corrected chi connectivity index (χ0v) is 15.9. The molecule has 1 aliphatic heterocycles. The third kappa shape index (κ3) is 4.86. The summed E-state index contributed by atoms with van der Waals surface area (Å²) in [7, 11) is 0. The molecule has 28 heavy (non-hydrogen) atoms. The fraction of sp³-hybridized carbons (Fsp3) is 0.333. The highest BCUT2D eigenvalue weighted by Gasteiger charge is 2.31. The van der Waals surface area contributed by atoms with Gasteiger partial charge in [-0.1, -0.05) is 30.3 Å². The Morgan fingerprint density at radius 3 is 2.25 bits per heavy atom. The number of amides is 3. The third-order valence-corrected chi connectivity index (χ3v) is 4.81. The molecule has 1 aliphatic rings. The summed E-state index contributed by atoms with van der Waals surface area (Å²) < 4.78 is 13.2. The fourth-order valence-corrected chi connectivity index (χ4v) is 3.44. The maximum Gasteiger partial charge on any atom is 0.321 e. The quantitative estimate of drug-likeness (QED) is 0.832. The van der Waals surface area contributed by atoms with Gasteiger partial charge in [0.05, 0.1) is 0 Å². The van der Waals surface area contributed by atoms with Crippen LogP contribution in [0, 0.1) is 5.82 Å². The summed E-state index contributed by atoms with van der Waals surface area (Å²) in [5.74, 6) is -0.596. The number of hydrogen-bond donors (Lipinski definition) is 2. The van der Waals surface area contributed by atoms with Gasteiger partial charge in [0.25, 0.3) is 0 Å². The van der Waals surface area contributed by atoms with E-state index in [-0.39, 0.29) is 11.7 Å². The van der Waals surface area contributed by atoms with Gasteiger partial charge in [0.1, 0.15) is 11.9 Å². The Labute approximate surface area is 164 Å². The van der Waals surface area contributed by atoms with Crippen molar-refractivity contribution in [2.24, 2.45) is 0 Å². The average molecular weight is 384 g/mol. The standard InChI is InChI=1S/C21H25FN4O2/c1-2-23-21(28)24-20(27)19(16-6-4-3-5-7-16)26-14-12-25(13-15-26)18-10-8-17(22)9-11-18/h3-11,19H,2,12-15H2,1H3,(H2,23,24,27,28)/t19-/m0/s1. The van der Waals surface area contributed by atoms with Crippen molar-refractivity contribution in [1.82, 2.24) is 15.5 Å². The number of urea groups is 1. The van der Waals surface area contributed by atoms with E-state index in [1.54, 1.807) is 19.1 Å². The lowest BCUT2D eigenvalue weighted by molar-refractivity contribution is -0.125. The molecule has 2 aromatic carbocycles. The van der Waals surface area contributed by atoms with E-state index in [0.29, 0.717) is 32.7 Å². The lowest BCUT2D eigenvalue weighted by Crippen LogP contribution is -2.52. The Kier molecular flexibility index (Phi) is 6.60.